The van der Waals surface area contributed by atoms with Gasteiger partial charge < -0.3 is 10.5 Å². The van der Waals surface area contributed by atoms with Gasteiger partial charge in [-0.25, -0.2) is 0 Å². The molecule has 2 aromatic rings. The molecule has 0 saturated carbocycles. The van der Waals surface area contributed by atoms with Gasteiger partial charge in [-0.3, -0.25) is 5.41 Å². The highest BCUT2D eigenvalue weighted by Gasteiger charge is 2.32. The Morgan fingerprint density at radius 3 is 2.45 bits per heavy atom. The molecule has 0 amide bonds. The van der Waals surface area contributed by atoms with Crippen molar-refractivity contribution in [3.05, 3.63) is 65.7 Å². The van der Waals surface area contributed by atoms with Crippen molar-refractivity contribution in [3.63, 3.8) is 0 Å². The molecule has 0 aliphatic carbocycles. The highest BCUT2D eigenvalue weighted by Crippen LogP contribution is 2.28. The highest BCUT2D eigenvalue weighted by molar-refractivity contribution is 5.95. The second-order valence-corrected chi connectivity index (χ2v) is 4.30. The topological polar surface area (TPSA) is 59.1 Å². The maximum Gasteiger partial charge on any atom is 0.306 e. The van der Waals surface area contributed by atoms with Gasteiger partial charge in [0.2, 0.25) is 0 Å². The lowest BCUT2D eigenvalue weighted by Gasteiger charge is -2.17. The Bertz CT molecular complexity index is 600. The molecular weight excluding hydrogens is 262 g/mol. The Labute approximate surface area is 115 Å². The summed E-state index contributed by atoms with van der Waals surface area (Å²) in [6.45, 7) is -0.766. The summed E-state index contributed by atoms with van der Waals surface area (Å²) in [7, 11) is 0. The second-order valence-electron chi connectivity index (χ2n) is 4.30. The van der Waals surface area contributed by atoms with E-state index < -0.39 is 12.5 Å². The molecule has 3 nitrogen and oxygen atoms in total. The van der Waals surface area contributed by atoms with Crippen LogP contribution in [0.3, 0.4) is 0 Å². The first-order valence-electron chi connectivity index (χ1n) is 6.00. The van der Waals surface area contributed by atoms with Crippen LogP contribution in [-0.2, 0) is 5.92 Å². The minimum absolute atomic E-state index is 0.0947. The Kier molecular flexibility index (Phi) is 3.98. The van der Waals surface area contributed by atoms with Crippen LogP contribution in [0.5, 0.6) is 5.75 Å². The maximum absolute atomic E-state index is 13.9. The summed E-state index contributed by atoms with van der Waals surface area (Å²) >= 11 is 0. The molecule has 104 valence electrons. The lowest BCUT2D eigenvalue weighted by Crippen LogP contribution is -2.23. The van der Waals surface area contributed by atoms with Crippen LogP contribution >= 0.6 is 0 Å². The van der Waals surface area contributed by atoms with Crippen LogP contribution in [-0.4, -0.2) is 12.4 Å². The smallest absolute Gasteiger partial charge is 0.306 e. The van der Waals surface area contributed by atoms with Crippen LogP contribution < -0.4 is 10.5 Å². The zero-order chi connectivity index (χ0) is 14.6. The van der Waals surface area contributed by atoms with E-state index in [2.05, 4.69) is 0 Å². The van der Waals surface area contributed by atoms with E-state index in [-0.39, 0.29) is 17.1 Å². The van der Waals surface area contributed by atoms with Crippen molar-refractivity contribution < 1.29 is 13.5 Å². The number of alkyl halides is 2. The summed E-state index contributed by atoms with van der Waals surface area (Å²) in [5.41, 5.74) is 5.68. The van der Waals surface area contributed by atoms with Crippen LogP contribution in [0.2, 0.25) is 0 Å². The first kappa shape index (κ1) is 14.0. The molecule has 0 bridgehead atoms. The number of nitrogens with one attached hydrogen (secondary N) is 1. The van der Waals surface area contributed by atoms with Gasteiger partial charge in [0.15, 0.2) is 6.61 Å². The van der Waals surface area contributed by atoms with Crippen molar-refractivity contribution in [3.8, 4) is 5.75 Å². The molecule has 5 heteroatoms. The van der Waals surface area contributed by atoms with E-state index in [1.165, 1.54) is 18.2 Å². The molecule has 0 aliphatic heterocycles. The van der Waals surface area contributed by atoms with Gasteiger partial charge in [0, 0.05) is 11.1 Å². The van der Waals surface area contributed by atoms with Crippen LogP contribution in [0, 0.1) is 5.41 Å². The van der Waals surface area contributed by atoms with Crippen LogP contribution in [0.15, 0.2) is 54.6 Å². The quantitative estimate of drug-likeness (QED) is 0.651. The van der Waals surface area contributed by atoms with Crippen LogP contribution in [0.25, 0.3) is 0 Å². The van der Waals surface area contributed by atoms with Crippen molar-refractivity contribution in [1.82, 2.24) is 0 Å². The molecule has 2 rings (SSSR count). The minimum Gasteiger partial charge on any atom is -0.487 e. The van der Waals surface area contributed by atoms with E-state index in [0.717, 1.165) is 0 Å². The lowest BCUT2D eigenvalue weighted by molar-refractivity contribution is -0.0467. The molecule has 0 saturated heterocycles. The molecule has 0 spiro atoms. The Morgan fingerprint density at radius 1 is 1.10 bits per heavy atom. The van der Waals surface area contributed by atoms with Crippen molar-refractivity contribution in [2.24, 2.45) is 5.73 Å². The van der Waals surface area contributed by atoms with Gasteiger partial charge in [-0.15, -0.1) is 0 Å². The molecule has 0 aliphatic rings. The van der Waals surface area contributed by atoms with Gasteiger partial charge >= 0.3 is 5.92 Å². The van der Waals surface area contributed by atoms with E-state index in [4.69, 9.17) is 15.9 Å². The van der Waals surface area contributed by atoms with E-state index in [1.54, 1.807) is 36.4 Å². The third-order valence-corrected chi connectivity index (χ3v) is 2.76. The van der Waals surface area contributed by atoms with Gasteiger partial charge in [0.25, 0.3) is 0 Å². The molecule has 0 atom stereocenters. The van der Waals surface area contributed by atoms with E-state index in [1.807, 2.05) is 0 Å². The standard InChI is InChI=1S/C15H14F2N2O/c16-15(17,12-6-2-1-3-7-12)10-20-13-8-4-5-11(9-13)14(18)19/h1-9H,10H2,(H3,18,19). The fraction of sp³-hybridized carbons (Fsp3) is 0.133. The van der Waals surface area contributed by atoms with E-state index >= 15 is 0 Å². The monoisotopic (exact) mass is 276 g/mol. The second kappa shape index (κ2) is 5.69. The van der Waals surface area contributed by atoms with Gasteiger partial charge in [-0.2, -0.15) is 8.78 Å². The third-order valence-electron chi connectivity index (χ3n) is 2.76. The fourth-order valence-electron chi connectivity index (χ4n) is 1.69. The molecule has 0 heterocycles. The normalized spacial score (nSPS) is 11.1. The van der Waals surface area contributed by atoms with Crippen LogP contribution in [0.1, 0.15) is 11.1 Å². The number of halogens is 2. The van der Waals surface area contributed by atoms with Gasteiger partial charge in [-0.05, 0) is 12.1 Å². The van der Waals surface area contributed by atoms with Gasteiger partial charge in [-0.1, -0.05) is 42.5 Å². The first-order chi connectivity index (χ1) is 9.49. The molecule has 2 aromatic carbocycles. The molecule has 0 radical (unpaired) electrons. The number of hydrogen-bond donors (Lipinski definition) is 2. The van der Waals surface area contributed by atoms with E-state index in [0.29, 0.717) is 5.56 Å². The molecular formula is C15H14F2N2O. The molecule has 3 N–H and O–H groups in total. The molecule has 0 fully saturated rings. The maximum atomic E-state index is 13.9. The number of nitrogens with two attached hydrogens (primary N) is 1. The van der Waals surface area contributed by atoms with Crippen molar-refractivity contribution in [2.75, 3.05) is 6.61 Å². The van der Waals surface area contributed by atoms with Crippen LogP contribution in [0.4, 0.5) is 8.78 Å². The van der Waals surface area contributed by atoms with Crippen molar-refractivity contribution in [2.45, 2.75) is 5.92 Å². The zero-order valence-electron chi connectivity index (χ0n) is 10.6. The SMILES string of the molecule is N=C(N)c1cccc(OCC(F)(F)c2ccccc2)c1. The Hall–Kier alpha value is -2.43. The summed E-state index contributed by atoms with van der Waals surface area (Å²) in [6, 6.07) is 13.7. The molecule has 0 aromatic heterocycles. The van der Waals surface area contributed by atoms with Crippen molar-refractivity contribution in [1.29, 1.82) is 5.41 Å². The number of nitrogen functional groups attached to an aromatic ring is 1. The van der Waals surface area contributed by atoms with E-state index in [9.17, 15) is 8.78 Å². The summed E-state index contributed by atoms with van der Waals surface area (Å²) < 4.78 is 32.9. The summed E-state index contributed by atoms with van der Waals surface area (Å²) in [5, 5.41) is 7.30. The number of ether oxygens (including phenoxy) is 1. The van der Waals surface area contributed by atoms with Crippen molar-refractivity contribution >= 4 is 5.84 Å². The summed E-state index contributed by atoms with van der Waals surface area (Å²) in [5.74, 6) is -2.95. The summed E-state index contributed by atoms with van der Waals surface area (Å²) in [4.78, 5) is 0. The largest absolute Gasteiger partial charge is 0.487 e. The minimum atomic E-state index is -3.08. The number of benzene rings is 2. The predicted molar refractivity (Wildman–Crippen MR) is 73.3 cm³/mol. The third kappa shape index (κ3) is 3.32. The number of rotatable bonds is 5. The number of hydrogen-bond acceptors (Lipinski definition) is 2. The summed E-state index contributed by atoms with van der Waals surface area (Å²) in [6.07, 6.45) is 0. The molecule has 0 unspecified atom stereocenters. The van der Waals surface area contributed by atoms with Gasteiger partial charge in [0.1, 0.15) is 11.6 Å². The Balaban J connectivity index is 2.08. The average Bonchev–Trinajstić information content (AvgIpc) is 2.46. The first-order valence-corrected chi connectivity index (χ1v) is 6.00. The lowest BCUT2D eigenvalue weighted by atomic mass is 10.1. The zero-order valence-corrected chi connectivity index (χ0v) is 10.6. The van der Waals surface area contributed by atoms with Gasteiger partial charge in [0.05, 0.1) is 0 Å². The molecule has 20 heavy (non-hydrogen) atoms. The predicted octanol–water partition coefficient (Wildman–Crippen LogP) is 3.14. The fourth-order valence-corrected chi connectivity index (χ4v) is 1.69. The average molecular weight is 276 g/mol. The highest BCUT2D eigenvalue weighted by atomic mass is 19.3. The number of amidine groups is 1. The Morgan fingerprint density at radius 2 is 1.80 bits per heavy atom.